The van der Waals surface area contributed by atoms with Gasteiger partial charge in [0.1, 0.15) is 5.69 Å². The molecule has 1 saturated heterocycles. The summed E-state index contributed by atoms with van der Waals surface area (Å²) in [6.45, 7) is 5.29. The molecular weight excluding hydrogens is 330 g/mol. The van der Waals surface area contributed by atoms with E-state index in [1.54, 1.807) is 18.2 Å². The van der Waals surface area contributed by atoms with Gasteiger partial charge in [-0.1, -0.05) is 18.2 Å². The highest BCUT2D eigenvalue weighted by atomic mass is 16.6. The number of para-hydroxylation sites is 2. The fraction of sp³-hybridized carbons (Fsp3) is 0.350. The zero-order valence-electron chi connectivity index (χ0n) is 15.1. The zero-order chi connectivity index (χ0) is 18.7. The third kappa shape index (κ3) is 4.02. The second-order valence-electron chi connectivity index (χ2n) is 6.87. The molecule has 1 aliphatic heterocycles. The van der Waals surface area contributed by atoms with Gasteiger partial charge in [-0.05, 0) is 56.0 Å². The van der Waals surface area contributed by atoms with Crippen molar-refractivity contribution in [1.29, 1.82) is 0 Å². The molecule has 0 saturated carbocycles. The van der Waals surface area contributed by atoms with Crippen LogP contribution in [0.2, 0.25) is 0 Å². The Bertz CT molecular complexity index is 807. The number of nitrogens with one attached hydrogen (secondary N) is 1. The monoisotopic (exact) mass is 353 g/mol. The van der Waals surface area contributed by atoms with Gasteiger partial charge in [0.05, 0.1) is 4.92 Å². The maximum atomic E-state index is 12.6. The second-order valence-corrected chi connectivity index (χ2v) is 6.87. The topological polar surface area (TPSA) is 75.5 Å². The first-order valence-corrected chi connectivity index (χ1v) is 8.81. The quantitative estimate of drug-likeness (QED) is 0.664. The Morgan fingerprint density at radius 2 is 1.73 bits per heavy atom. The predicted octanol–water partition coefficient (Wildman–Crippen LogP) is 4.07. The Kier molecular flexibility index (Phi) is 5.21. The molecule has 1 fully saturated rings. The Morgan fingerprint density at radius 1 is 1.12 bits per heavy atom. The molecule has 1 amide bonds. The number of aryl methyl sites for hydroxylation is 2. The minimum absolute atomic E-state index is 0.0252. The third-order valence-electron chi connectivity index (χ3n) is 4.77. The molecule has 0 atom stereocenters. The lowest BCUT2D eigenvalue weighted by Gasteiger charge is -2.32. The van der Waals surface area contributed by atoms with Gasteiger partial charge in [-0.25, -0.2) is 0 Å². The van der Waals surface area contributed by atoms with Gasteiger partial charge >= 0.3 is 0 Å². The molecule has 0 spiro atoms. The van der Waals surface area contributed by atoms with E-state index in [4.69, 9.17) is 0 Å². The van der Waals surface area contributed by atoms with Crippen molar-refractivity contribution in [1.82, 2.24) is 0 Å². The number of carbonyl (C=O) groups excluding carboxylic acids is 1. The minimum Gasteiger partial charge on any atom is -0.366 e. The van der Waals surface area contributed by atoms with E-state index < -0.39 is 0 Å². The van der Waals surface area contributed by atoms with E-state index in [-0.39, 0.29) is 22.4 Å². The van der Waals surface area contributed by atoms with E-state index in [9.17, 15) is 14.9 Å². The van der Waals surface area contributed by atoms with Crippen molar-refractivity contribution in [2.24, 2.45) is 5.92 Å². The summed E-state index contributed by atoms with van der Waals surface area (Å²) in [5, 5.41) is 14.2. The van der Waals surface area contributed by atoms with Crippen LogP contribution in [0.5, 0.6) is 0 Å². The number of nitro benzene ring substituents is 1. The van der Waals surface area contributed by atoms with E-state index in [0.717, 1.165) is 16.8 Å². The lowest BCUT2D eigenvalue weighted by molar-refractivity contribution is -0.384. The molecule has 26 heavy (non-hydrogen) atoms. The predicted molar refractivity (Wildman–Crippen MR) is 103 cm³/mol. The summed E-state index contributed by atoms with van der Waals surface area (Å²) >= 11 is 0. The number of carbonyl (C=O) groups is 1. The number of benzene rings is 2. The Morgan fingerprint density at radius 3 is 2.35 bits per heavy atom. The maximum Gasteiger partial charge on any atom is 0.292 e. The Balaban J connectivity index is 1.63. The van der Waals surface area contributed by atoms with Crippen LogP contribution in [0.3, 0.4) is 0 Å². The van der Waals surface area contributed by atoms with Gasteiger partial charge in [-0.3, -0.25) is 14.9 Å². The molecule has 3 rings (SSSR count). The van der Waals surface area contributed by atoms with Crippen molar-refractivity contribution in [3.05, 3.63) is 63.7 Å². The van der Waals surface area contributed by atoms with Crippen LogP contribution in [-0.2, 0) is 4.79 Å². The van der Waals surface area contributed by atoms with Crippen molar-refractivity contribution in [2.75, 3.05) is 23.3 Å². The summed E-state index contributed by atoms with van der Waals surface area (Å²) in [6, 6.07) is 12.8. The van der Waals surface area contributed by atoms with Crippen molar-refractivity contribution >= 4 is 23.0 Å². The van der Waals surface area contributed by atoms with Crippen LogP contribution < -0.4 is 10.2 Å². The average molecular weight is 353 g/mol. The van der Waals surface area contributed by atoms with Gasteiger partial charge in [0.15, 0.2) is 0 Å². The van der Waals surface area contributed by atoms with Crippen molar-refractivity contribution < 1.29 is 9.72 Å². The molecule has 0 bridgehead atoms. The first kappa shape index (κ1) is 17.9. The van der Waals surface area contributed by atoms with E-state index in [0.29, 0.717) is 31.6 Å². The Labute approximate surface area is 153 Å². The fourth-order valence-corrected chi connectivity index (χ4v) is 3.56. The van der Waals surface area contributed by atoms with Crippen LogP contribution in [0.1, 0.15) is 24.0 Å². The first-order chi connectivity index (χ1) is 12.4. The van der Waals surface area contributed by atoms with Gasteiger partial charge in [0, 0.05) is 30.8 Å². The SMILES string of the molecule is Cc1cc(C)cc(NC(=O)C2CCN(c3ccccc3[N+](=O)[O-])CC2)c1. The number of nitrogens with zero attached hydrogens (tertiary/aromatic N) is 2. The number of nitro groups is 1. The molecule has 0 unspecified atom stereocenters. The smallest absolute Gasteiger partial charge is 0.292 e. The summed E-state index contributed by atoms with van der Waals surface area (Å²) in [6.07, 6.45) is 1.37. The van der Waals surface area contributed by atoms with Crippen LogP contribution >= 0.6 is 0 Å². The number of anilines is 2. The largest absolute Gasteiger partial charge is 0.366 e. The molecule has 2 aromatic carbocycles. The molecule has 1 N–H and O–H groups in total. The summed E-state index contributed by atoms with van der Waals surface area (Å²) in [7, 11) is 0. The molecule has 0 aliphatic carbocycles. The van der Waals surface area contributed by atoms with E-state index in [1.807, 2.05) is 30.9 Å². The summed E-state index contributed by atoms with van der Waals surface area (Å²) in [4.78, 5) is 25.4. The highest BCUT2D eigenvalue weighted by molar-refractivity contribution is 5.93. The van der Waals surface area contributed by atoms with Crippen LogP contribution in [0, 0.1) is 29.9 Å². The van der Waals surface area contributed by atoms with Gasteiger partial charge in [0.2, 0.25) is 5.91 Å². The van der Waals surface area contributed by atoms with E-state index >= 15 is 0 Å². The fourth-order valence-electron chi connectivity index (χ4n) is 3.56. The van der Waals surface area contributed by atoms with Gasteiger partial charge in [-0.2, -0.15) is 0 Å². The Hall–Kier alpha value is -2.89. The highest BCUT2D eigenvalue weighted by Gasteiger charge is 2.28. The number of hydrogen-bond donors (Lipinski definition) is 1. The van der Waals surface area contributed by atoms with Crippen molar-refractivity contribution in [3.8, 4) is 0 Å². The molecule has 1 aliphatic rings. The lowest BCUT2D eigenvalue weighted by Crippen LogP contribution is -2.38. The molecule has 0 aromatic heterocycles. The number of piperidine rings is 1. The second kappa shape index (κ2) is 7.56. The number of hydrogen-bond acceptors (Lipinski definition) is 4. The molecule has 1 heterocycles. The summed E-state index contributed by atoms with van der Waals surface area (Å²) in [5.74, 6) is -0.0490. The van der Waals surface area contributed by atoms with Gasteiger partial charge in [0.25, 0.3) is 5.69 Å². The average Bonchev–Trinajstić information content (AvgIpc) is 2.61. The molecule has 136 valence electrons. The number of amides is 1. The van der Waals surface area contributed by atoms with Gasteiger partial charge in [-0.15, -0.1) is 0 Å². The first-order valence-electron chi connectivity index (χ1n) is 8.81. The van der Waals surface area contributed by atoms with Crippen LogP contribution in [0.4, 0.5) is 17.1 Å². The molecule has 6 heteroatoms. The normalized spacial score (nSPS) is 14.9. The minimum atomic E-state index is -0.353. The third-order valence-corrected chi connectivity index (χ3v) is 4.77. The summed E-state index contributed by atoms with van der Waals surface area (Å²) < 4.78 is 0. The van der Waals surface area contributed by atoms with E-state index in [2.05, 4.69) is 11.4 Å². The molecule has 6 nitrogen and oxygen atoms in total. The molecular formula is C20H23N3O3. The summed E-state index contributed by atoms with van der Waals surface area (Å²) in [5.41, 5.74) is 3.81. The highest BCUT2D eigenvalue weighted by Crippen LogP contribution is 2.31. The lowest BCUT2D eigenvalue weighted by atomic mass is 9.95. The van der Waals surface area contributed by atoms with Crippen LogP contribution in [0.25, 0.3) is 0 Å². The van der Waals surface area contributed by atoms with Crippen LogP contribution in [-0.4, -0.2) is 23.9 Å². The molecule has 0 radical (unpaired) electrons. The van der Waals surface area contributed by atoms with Crippen molar-refractivity contribution in [3.63, 3.8) is 0 Å². The zero-order valence-corrected chi connectivity index (χ0v) is 15.1. The van der Waals surface area contributed by atoms with Crippen molar-refractivity contribution in [2.45, 2.75) is 26.7 Å². The van der Waals surface area contributed by atoms with Gasteiger partial charge < -0.3 is 10.2 Å². The number of rotatable bonds is 4. The standard InChI is InChI=1S/C20H23N3O3/c1-14-11-15(2)13-17(12-14)21-20(24)16-7-9-22(10-8-16)18-5-3-4-6-19(18)23(25)26/h3-6,11-13,16H,7-10H2,1-2H3,(H,21,24). The molecule has 2 aromatic rings. The van der Waals surface area contributed by atoms with Crippen LogP contribution in [0.15, 0.2) is 42.5 Å². The van der Waals surface area contributed by atoms with E-state index in [1.165, 1.54) is 6.07 Å². The maximum absolute atomic E-state index is 12.6.